The Labute approximate surface area is 211 Å². The zero-order chi connectivity index (χ0) is 25.1. The zero-order valence-corrected chi connectivity index (χ0v) is 21.5. The lowest BCUT2D eigenvalue weighted by atomic mass is 9.91. The second-order valence-electron chi connectivity index (χ2n) is 10.1. The molecule has 3 aromatic heterocycles. The van der Waals surface area contributed by atoms with Gasteiger partial charge in [0, 0.05) is 18.2 Å². The van der Waals surface area contributed by atoms with E-state index in [1.165, 1.54) is 24.8 Å². The van der Waals surface area contributed by atoms with E-state index in [1.807, 2.05) is 16.8 Å². The normalized spacial score (nSPS) is 15.7. The van der Waals surface area contributed by atoms with Gasteiger partial charge in [0.1, 0.15) is 12.3 Å². The number of rotatable bonds is 9. The van der Waals surface area contributed by atoms with Crippen LogP contribution in [0.25, 0.3) is 10.9 Å². The number of nitrogens with zero attached hydrogens (tertiary/aromatic N) is 5. The molecule has 0 amide bonds. The van der Waals surface area contributed by atoms with E-state index in [9.17, 15) is 4.79 Å². The van der Waals surface area contributed by atoms with Crippen molar-refractivity contribution in [3.05, 3.63) is 75.2 Å². The monoisotopic (exact) mass is 488 g/mol. The second-order valence-corrected chi connectivity index (χ2v) is 10.1. The number of aryl methyl sites for hydroxylation is 2. The van der Waals surface area contributed by atoms with Crippen LogP contribution < -0.4 is 5.56 Å². The molecule has 1 aliphatic rings. The summed E-state index contributed by atoms with van der Waals surface area (Å²) in [6.45, 7) is 7.40. The van der Waals surface area contributed by atoms with Crippen molar-refractivity contribution in [3.63, 3.8) is 0 Å². The van der Waals surface area contributed by atoms with E-state index in [2.05, 4.69) is 64.4 Å². The maximum absolute atomic E-state index is 13.3. The number of benzene rings is 1. The highest BCUT2D eigenvalue weighted by Crippen LogP contribution is 2.34. The van der Waals surface area contributed by atoms with Crippen molar-refractivity contribution in [1.82, 2.24) is 30.1 Å². The molecule has 190 valence electrons. The predicted octanol–water partition coefficient (Wildman–Crippen LogP) is 5.45. The van der Waals surface area contributed by atoms with E-state index in [1.54, 1.807) is 6.26 Å². The molecule has 8 heteroatoms. The third-order valence-electron chi connectivity index (χ3n) is 7.73. The van der Waals surface area contributed by atoms with Crippen LogP contribution in [0, 0.1) is 13.8 Å². The third-order valence-corrected chi connectivity index (χ3v) is 7.73. The van der Waals surface area contributed by atoms with Crippen LogP contribution in [-0.2, 0) is 13.1 Å². The van der Waals surface area contributed by atoms with Gasteiger partial charge >= 0.3 is 0 Å². The first-order valence-electron chi connectivity index (χ1n) is 13.2. The zero-order valence-electron chi connectivity index (χ0n) is 21.5. The average Bonchev–Trinajstić information content (AvgIpc) is 3.58. The smallest absolute Gasteiger partial charge is 0.252 e. The number of hydrogen-bond donors (Lipinski definition) is 1. The van der Waals surface area contributed by atoms with Gasteiger partial charge in [-0.3, -0.25) is 9.69 Å². The summed E-state index contributed by atoms with van der Waals surface area (Å²) in [5.74, 6) is 1.65. The summed E-state index contributed by atoms with van der Waals surface area (Å²) >= 11 is 0. The Balaban J connectivity index is 1.53. The minimum absolute atomic E-state index is 0.0116. The van der Waals surface area contributed by atoms with Crippen molar-refractivity contribution in [2.24, 2.45) is 0 Å². The topological polar surface area (TPSA) is 92.8 Å². The van der Waals surface area contributed by atoms with Crippen LogP contribution in [0.4, 0.5) is 0 Å². The van der Waals surface area contributed by atoms with Crippen LogP contribution in [0.2, 0.25) is 0 Å². The highest BCUT2D eigenvalue weighted by atomic mass is 16.3. The van der Waals surface area contributed by atoms with E-state index in [-0.39, 0.29) is 11.6 Å². The highest BCUT2D eigenvalue weighted by Gasteiger charge is 2.32. The van der Waals surface area contributed by atoms with Crippen molar-refractivity contribution in [3.8, 4) is 0 Å². The Bertz CT molecular complexity index is 1350. The molecule has 1 aliphatic carbocycles. The van der Waals surface area contributed by atoms with Gasteiger partial charge in [-0.15, -0.1) is 5.10 Å². The number of hydrogen-bond acceptors (Lipinski definition) is 6. The van der Waals surface area contributed by atoms with Crippen LogP contribution >= 0.6 is 0 Å². The number of aromatic nitrogens is 5. The summed E-state index contributed by atoms with van der Waals surface area (Å²) in [6, 6.07) is 10.5. The lowest BCUT2D eigenvalue weighted by Gasteiger charge is -2.39. The van der Waals surface area contributed by atoms with Crippen molar-refractivity contribution >= 4 is 10.9 Å². The largest absolute Gasteiger partial charge is 0.467 e. The van der Waals surface area contributed by atoms with Crippen molar-refractivity contribution in [2.45, 2.75) is 90.9 Å². The predicted molar refractivity (Wildman–Crippen MR) is 140 cm³/mol. The van der Waals surface area contributed by atoms with E-state index in [0.29, 0.717) is 19.1 Å². The van der Waals surface area contributed by atoms with Gasteiger partial charge < -0.3 is 9.40 Å². The average molecular weight is 489 g/mol. The number of aromatic amines is 1. The molecule has 0 unspecified atom stereocenters. The molecule has 5 rings (SSSR count). The summed E-state index contributed by atoms with van der Waals surface area (Å²) in [6.07, 6.45) is 9.54. The minimum atomic E-state index is -0.0116. The molecular formula is C28H36N6O2. The fourth-order valence-electron chi connectivity index (χ4n) is 5.62. The van der Waals surface area contributed by atoms with Crippen molar-refractivity contribution in [1.29, 1.82) is 0 Å². The van der Waals surface area contributed by atoms with Gasteiger partial charge in [-0.1, -0.05) is 44.7 Å². The molecule has 0 aliphatic heterocycles. The molecule has 4 aromatic rings. The summed E-state index contributed by atoms with van der Waals surface area (Å²) < 4.78 is 7.43. The van der Waals surface area contributed by atoms with E-state index < -0.39 is 0 Å². The number of tetrazole rings is 1. The molecule has 1 atom stereocenters. The van der Waals surface area contributed by atoms with E-state index in [4.69, 9.17) is 4.42 Å². The van der Waals surface area contributed by atoms with Gasteiger partial charge in [-0.25, -0.2) is 4.68 Å². The SMILES string of the molecule is CCC[C@@H](c1nnnn1Cc1ccco1)N(Cc1cc2ccc(C)c(C)c2[nH]c1=O)C1CCCCC1. The highest BCUT2D eigenvalue weighted by molar-refractivity contribution is 5.83. The van der Waals surface area contributed by atoms with Crippen LogP contribution in [-0.4, -0.2) is 36.1 Å². The van der Waals surface area contributed by atoms with E-state index in [0.717, 1.165) is 59.3 Å². The number of furan rings is 1. The summed E-state index contributed by atoms with van der Waals surface area (Å²) in [7, 11) is 0. The second kappa shape index (κ2) is 10.8. The molecule has 8 nitrogen and oxygen atoms in total. The Morgan fingerprint density at radius 3 is 2.78 bits per heavy atom. The molecule has 3 heterocycles. The lowest BCUT2D eigenvalue weighted by molar-refractivity contribution is 0.0811. The minimum Gasteiger partial charge on any atom is -0.467 e. The Morgan fingerprint density at radius 1 is 1.19 bits per heavy atom. The fourth-order valence-corrected chi connectivity index (χ4v) is 5.62. The molecule has 0 spiro atoms. The van der Waals surface area contributed by atoms with Crippen LogP contribution in [0.1, 0.15) is 86.2 Å². The van der Waals surface area contributed by atoms with Gasteiger partial charge in [-0.2, -0.15) is 0 Å². The van der Waals surface area contributed by atoms with Crippen LogP contribution in [0.5, 0.6) is 0 Å². The van der Waals surface area contributed by atoms with Gasteiger partial charge in [0.15, 0.2) is 5.82 Å². The molecule has 1 aromatic carbocycles. The van der Waals surface area contributed by atoms with Gasteiger partial charge in [-0.05, 0) is 78.2 Å². The van der Waals surface area contributed by atoms with Gasteiger partial charge in [0.2, 0.25) is 0 Å². The molecule has 1 N–H and O–H groups in total. The van der Waals surface area contributed by atoms with Crippen molar-refractivity contribution in [2.75, 3.05) is 0 Å². The van der Waals surface area contributed by atoms with E-state index >= 15 is 0 Å². The van der Waals surface area contributed by atoms with Crippen molar-refractivity contribution < 1.29 is 4.42 Å². The third kappa shape index (κ3) is 5.00. The molecule has 1 fully saturated rings. The number of pyridine rings is 1. The molecule has 36 heavy (non-hydrogen) atoms. The van der Waals surface area contributed by atoms with Gasteiger partial charge in [0.05, 0.1) is 17.8 Å². The molecule has 0 radical (unpaired) electrons. The Hall–Kier alpha value is -3.26. The van der Waals surface area contributed by atoms with Gasteiger partial charge in [0.25, 0.3) is 5.56 Å². The maximum Gasteiger partial charge on any atom is 0.252 e. The first-order chi connectivity index (χ1) is 17.5. The fraction of sp³-hybridized carbons (Fsp3) is 0.500. The number of fused-ring (bicyclic) bond motifs is 1. The number of H-pyrrole nitrogens is 1. The lowest BCUT2D eigenvalue weighted by Crippen LogP contribution is -2.41. The van der Waals surface area contributed by atoms with Crippen LogP contribution in [0.15, 0.2) is 45.8 Å². The molecular weight excluding hydrogens is 452 g/mol. The molecule has 0 bridgehead atoms. The molecule has 0 saturated heterocycles. The molecule has 1 saturated carbocycles. The summed E-state index contributed by atoms with van der Waals surface area (Å²) in [5.41, 5.74) is 4.02. The number of nitrogens with one attached hydrogen (secondary N) is 1. The Morgan fingerprint density at radius 2 is 2.03 bits per heavy atom. The van der Waals surface area contributed by atoms with Crippen LogP contribution in [0.3, 0.4) is 0 Å². The summed E-state index contributed by atoms with van der Waals surface area (Å²) in [5, 5.41) is 13.9. The Kier molecular flexibility index (Phi) is 7.32. The standard InChI is InChI=1S/C28H36N6O2/c1-4-9-25(27-30-31-32-34(27)18-24-12-8-15-36-24)33(23-10-6-5-7-11-23)17-22-16-21-14-13-19(2)20(3)26(21)29-28(22)35/h8,12-16,23,25H,4-7,9-11,17-18H2,1-3H3,(H,29,35)/t25-/m0/s1. The maximum atomic E-state index is 13.3. The first-order valence-corrected chi connectivity index (χ1v) is 13.2. The first kappa shape index (κ1) is 24.4. The summed E-state index contributed by atoms with van der Waals surface area (Å²) in [4.78, 5) is 19.0. The quantitative estimate of drug-likeness (QED) is 0.337.